The number of hydrogen-bond donors (Lipinski definition) is 1. The Balaban J connectivity index is 3.01. The first-order valence-corrected chi connectivity index (χ1v) is 6.63. The molecular formula is C16H21NO3. The van der Waals surface area contributed by atoms with Crippen LogP contribution in [-0.2, 0) is 15.0 Å². The zero-order chi connectivity index (χ0) is 15.2. The summed E-state index contributed by atoms with van der Waals surface area (Å²) in [6.45, 7) is 8.03. The smallest absolute Gasteiger partial charge is 0.314 e. The van der Waals surface area contributed by atoms with Crippen LogP contribution in [0.15, 0.2) is 43.0 Å². The van der Waals surface area contributed by atoms with Crippen LogP contribution in [0.25, 0.3) is 0 Å². The molecule has 1 aromatic rings. The van der Waals surface area contributed by atoms with E-state index in [4.69, 9.17) is 0 Å². The molecule has 0 aliphatic rings. The van der Waals surface area contributed by atoms with E-state index < -0.39 is 11.4 Å². The Morgan fingerprint density at radius 3 is 2.40 bits per heavy atom. The second kappa shape index (κ2) is 6.89. The fourth-order valence-corrected chi connectivity index (χ4v) is 2.08. The number of aliphatic carboxylic acids is 1. The molecule has 1 atom stereocenters. The molecule has 1 N–H and O–H groups in total. The van der Waals surface area contributed by atoms with Crippen LogP contribution in [0.1, 0.15) is 25.8 Å². The van der Waals surface area contributed by atoms with Crippen molar-refractivity contribution in [2.24, 2.45) is 0 Å². The number of carboxylic acid groups (broad SMARTS) is 1. The van der Waals surface area contributed by atoms with Gasteiger partial charge in [0.05, 0.1) is 5.41 Å². The standard InChI is InChI=1S/C16H21NO3/c1-4-11-17(5-2)14(18)12-16(3,15(19)20)13-9-7-6-8-10-13/h4,6-10H,1,5,11-12H2,2-3H3,(H,19,20). The van der Waals surface area contributed by atoms with E-state index in [9.17, 15) is 14.7 Å². The molecule has 0 aliphatic heterocycles. The molecule has 0 saturated heterocycles. The lowest BCUT2D eigenvalue weighted by atomic mass is 9.79. The van der Waals surface area contributed by atoms with Gasteiger partial charge in [-0.1, -0.05) is 36.4 Å². The molecule has 0 saturated carbocycles. The van der Waals surface area contributed by atoms with Crippen molar-refractivity contribution in [2.75, 3.05) is 13.1 Å². The van der Waals surface area contributed by atoms with E-state index in [0.29, 0.717) is 18.7 Å². The van der Waals surface area contributed by atoms with E-state index in [0.717, 1.165) is 0 Å². The van der Waals surface area contributed by atoms with Gasteiger partial charge in [0.1, 0.15) is 0 Å². The molecule has 0 aromatic heterocycles. The molecule has 108 valence electrons. The zero-order valence-corrected chi connectivity index (χ0v) is 12.0. The third kappa shape index (κ3) is 3.47. The van der Waals surface area contributed by atoms with E-state index in [2.05, 4.69) is 6.58 Å². The second-order valence-corrected chi connectivity index (χ2v) is 4.90. The maximum atomic E-state index is 12.3. The number of rotatable bonds is 7. The molecular weight excluding hydrogens is 254 g/mol. The minimum atomic E-state index is -1.22. The fourth-order valence-electron chi connectivity index (χ4n) is 2.08. The van der Waals surface area contributed by atoms with Gasteiger partial charge in [0.25, 0.3) is 0 Å². The maximum absolute atomic E-state index is 12.3. The number of carbonyl (C=O) groups excluding carboxylic acids is 1. The molecule has 1 aromatic carbocycles. The van der Waals surface area contributed by atoms with E-state index in [1.54, 1.807) is 42.2 Å². The predicted molar refractivity (Wildman–Crippen MR) is 78.5 cm³/mol. The zero-order valence-electron chi connectivity index (χ0n) is 12.0. The molecule has 1 unspecified atom stereocenters. The third-order valence-electron chi connectivity index (χ3n) is 3.47. The molecule has 0 heterocycles. The third-order valence-corrected chi connectivity index (χ3v) is 3.47. The number of benzene rings is 1. The number of carbonyl (C=O) groups is 2. The van der Waals surface area contributed by atoms with Crippen LogP contribution in [0.2, 0.25) is 0 Å². The molecule has 4 nitrogen and oxygen atoms in total. The van der Waals surface area contributed by atoms with Crippen LogP contribution in [-0.4, -0.2) is 35.0 Å². The van der Waals surface area contributed by atoms with Gasteiger partial charge in [0.15, 0.2) is 0 Å². The van der Waals surface area contributed by atoms with Crippen LogP contribution in [0, 0.1) is 0 Å². The van der Waals surface area contributed by atoms with E-state index >= 15 is 0 Å². The Morgan fingerprint density at radius 2 is 1.95 bits per heavy atom. The first kappa shape index (κ1) is 16.0. The van der Waals surface area contributed by atoms with Crippen molar-refractivity contribution in [1.29, 1.82) is 0 Å². The summed E-state index contributed by atoms with van der Waals surface area (Å²) in [6, 6.07) is 8.87. The number of hydrogen-bond acceptors (Lipinski definition) is 2. The van der Waals surface area contributed by atoms with Crippen LogP contribution in [0.4, 0.5) is 0 Å². The monoisotopic (exact) mass is 275 g/mol. The Kier molecular flexibility index (Phi) is 5.50. The SMILES string of the molecule is C=CCN(CC)C(=O)CC(C)(C(=O)O)c1ccccc1. The minimum Gasteiger partial charge on any atom is -0.481 e. The van der Waals surface area contributed by atoms with Crippen molar-refractivity contribution in [2.45, 2.75) is 25.7 Å². The molecule has 4 heteroatoms. The van der Waals surface area contributed by atoms with Gasteiger partial charge in [-0.25, -0.2) is 0 Å². The van der Waals surface area contributed by atoms with Crippen molar-refractivity contribution in [3.8, 4) is 0 Å². The van der Waals surface area contributed by atoms with Gasteiger partial charge in [-0.05, 0) is 19.4 Å². The Morgan fingerprint density at radius 1 is 1.35 bits per heavy atom. The Bertz CT molecular complexity index is 484. The van der Waals surface area contributed by atoms with Gasteiger partial charge in [-0.3, -0.25) is 9.59 Å². The van der Waals surface area contributed by atoms with Gasteiger partial charge in [-0.15, -0.1) is 6.58 Å². The quantitative estimate of drug-likeness (QED) is 0.778. The predicted octanol–water partition coefficient (Wildman–Crippen LogP) is 2.45. The van der Waals surface area contributed by atoms with E-state index in [1.165, 1.54) is 0 Å². The van der Waals surface area contributed by atoms with Crippen LogP contribution in [0.5, 0.6) is 0 Å². The normalized spacial score (nSPS) is 13.3. The molecule has 1 amide bonds. The van der Waals surface area contributed by atoms with Gasteiger partial charge < -0.3 is 10.0 Å². The fraction of sp³-hybridized carbons (Fsp3) is 0.375. The van der Waals surface area contributed by atoms with E-state index in [1.807, 2.05) is 13.0 Å². The highest BCUT2D eigenvalue weighted by molar-refractivity contribution is 5.89. The van der Waals surface area contributed by atoms with Crippen molar-refractivity contribution in [1.82, 2.24) is 4.90 Å². The highest BCUT2D eigenvalue weighted by Gasteiger charge is 2.38. The maximum Gasteiger partial charge on any atom is 0.314 e. The van der Waals surface area contributed by atoms with Crippen LogP contribution < -0.4 is 0 Å². The summed E-state index contributed by atoms with van der Waals surface area (Å²) < 4.78 is 0. The molecule has 20 heavy (non-hydrogen) atoms. The van der Waals surface area contributed by atoms with Gasteiger partial charge in [0, 0.05) is 19.5 Å². The summed E-state index contributed by atoms with van der Waals surface area (Å²) in [4.78, 5) is 25.5. The van der Waals surface area contributed by atoms with Gasteiger partial charge in [-0.2, -0.15) is 0 Å². The Hall–Kier alpha value is -2.10. The van der Waals surface area contributed by atoms with E-state index in [-0.39, 0.29) is 12.3 Å². The summed E-state index contributed by atoms with van der Waals surface area (Å²) >= 11 is 0. The molecule has 0 aliphatic carbocycles. The molecule has 1 rings (SSSR count). The highest BCUT2D eigenvalue weighted by atomic mass is 16.4. The highest BCUT2D eigenvalue weighted by Crippen LogP contribution is 2.28. The minimum absolute atomic E-state index is 0.0615. The average molecular weight is 275 g/mol. The summed E-state index contributed by atoms with van der Waals surface area (Å²) in [5.41, 5.74) is -0.581. The van der Waals surface area contributed by atoms with Crippen molar-refractivity contribution in [3.05, 3.63) is 48.6 Å². The molecule has 0 bridgehead atoms. The lowest BCUT2D eigenvalue weighted by molar-refractivity contribution is -0.147. The van der Waals surface area contributed by atoms with Crippen molar-refractivity contribution >= 4 is 11.9 Å². The molecule has 0 radical (unpaired) electrons. The lowest BCUT2D eigenvalue weighted by Crippen LogP contribution is -2.41. The Labute approximate surface area is 119 Å². The molecule has 0 spiro atoms. The summed E-state index contributed by atoms with van der Waals surface area (Å²) in [7, 11) is 0. The first-order chi connectivity index (χ1) is 9.45. The second-order valence-electron chi connectivity index (χ2n) is 4.90. The lowest BCUT2D eigenvalue weighted by Gasteiger charge is -2.28. The topological polar surface area (TPSA) is 57.6 Å². The number of amides is 1. The van der Waals surface area contributed by atoms with Crippen LogP contribution in [0.3, 0.4) is 0 Å². The van der Waals surface area contributed by atoms with Crippen LogP contribution >= 0.6 is 0 Å². The van der Waals surface area contributed by atoms with Crippen molar-refractivity contribution < 1.29 is 14.7 Å². The summed E-state index contributed by atoms with van der Waals surface area (Å²) in [6.07, 6.45) is 1.58. The first-order valence-electron chi connectivity index (χ1n) is 6.63. The van der Waals surface area contributed by atoms with Gasteiger partial charge >= 0.3 is 5.97 Å². The summed E-state index contributed by atoms with van der Waals surface area (Å²) in [5, 5.41) is 9.53. The molecule has 0 fully saturated rings. The van der Waals surface area contributed by atoms with Crippen molar-refractivity contribution in [3.63, 3.8) is 0 Å². The largest absolute Gasteiger partial charge is 0.481 e. The number of carboxylic acids is 1. The average Bonchev–Trinajstić information content (AvgIpc) is 2.45. The summed E-state index contributed by atoms with van der Waals surface area (Å²) in [5.74, 6) is -1.17. The number of likely N-dealkylation sites (N-methyl/N-ethyl adjacent to an activating group) is 1. The number of nitrogens with zero attached hydrogens (tertiary/aromatic N) is 1. The van der Waals surface area contributed by atoms with Gasteiger partial charge in [0.2, 0.25) is 5.91 Å².